The fourth-order valence-electron chi connectivity index (χ4n) is 0.644. The lowest BCUT2D eigenvalue weighted by molar-refractivity contribution is 0.179. The van der Waals surface area contributed by atoms with E-state index in [2.05, 4.69) is 5.43 Å². The monoisotopic (exact) mass is 127 g/mol. The standard InChI is InChI=1S/C4H5N3S/c1-2-7-6(5-1)3-4-8-7/h1-5H. The first-order valence-corrected chi connectivity index (χ1v) is 3.15. The van der Waals surface area contributed by atoms with E-state index in [4.69, 9.17) is 0 Å². The van der Waals surface area contributed by atoms with Gasteiger partial charge in [0.25, 0.3) is 0 Å². The van der Waals surface area contributed by atoms with E-state index in [0.717, 1.165) is 0 Å². The van der Waals surface area contributed by atoms with Gasteiger partial charge >= 0.3 is 0 Å². The van der Waals surface area contributed by atoms with Gasteiger partial charge in [0.2, 0.25) is 0 Å². The van der Waals surface area contributed by atoms with Crippen LogP contribution in [0.2, 0.25) is 0 Å². The lowest BCUT2D eigenvalue weighted by Gasteiger charge is -2.17. The highest BCUT2D eigenvalue weighted by Crippen LogP contribution is 2.23. The molecular formula is C4H5N3S. The summed E-state index contributed by atoms with van der Waals surface area (Å²) < 4.78 is 1.99. The third-order valence-corrected chi connectivity index (χ3v) is 1.75. The summed E-state index contributed by atoms with van der Waals surface area (Å²) in [6, 6.07) is 0. The van der Waals surface area contributed by atoms with Crippen molar-refractivity contribution < 1.29 is 0 Å². The summed E-state index contributed by atoms with van der Waals surface area (Å²) in [6.45, 7) is 0. The fraction of sp³-hybridized carbons (Fsp3) is 0. The minimum absolute atomic E-state index is 1.64. The van der Waals surface area contributed by atoms with Gasteiger partial charge in [0, 0.05) is 23.6 Å². The van der Waals surface area contributed by atoms with Crippen LogP contribution in [0.1, 0.15) is 0 Å². The van der Waals surface area contributed by atoms with Gasteiger partial charge in [-0.3, -0.25) is 5.43 Å². The van der Waals surface area contributed by atoms with Crippen LogP contribution < -0.4 is 5.43 Å². The molecule has 2 aliphatic rings. The predicted octanol–water partition coefficient (Wildman–Crippen LogP) is 0.628. The van der Waals surface area contributed by atoms with E-state index in [-0.39, 0.29) is 0 Å². The number of nitrogens with zero attached hydrogens (tertiary/aromatic N) is 2. The molecular weight excluding hydrogens is 122 g/mol. The Labute approximate surface area is 51.7 Å². The number of hydrogen-bond donors (Lipinski definition) is 1. The molecule has 0 aliphatic carbocycles. The van der Waals surface area contributed by atoms with Gasteiger partial charge < -0.3 is 0 Å². The van der Waals surface area contributed by atoms with Gasteiger partial charge in [-0.15, -0.1) is 0 Å². The van der Waals surface area contributed by atoms with E-state index in [0.29, 0.717) is 0 Å². The van der Waals surface area contributed by atoms with Crippen LogP contribution in [0, 0.1) is 0 Å². The fourth-order valence-corrected chi connectivity index (χ4v) is 1.27. The third-order valence-electron chi connectivity index (χ3n) is 0.992. The van der Waals surface area contributed by atoms with Crippen molar-refractivity contribution >= 4 is 11.9 Å². The molecule has 2 rings (SSSR count). The van der Waals surface area contributed by atoms with Crippen LogP contribution in [0.25, 0.3) is 0 Å². The van der Waals surface area contributed by atoms with Crippen molar-refractivity contribution in [1.29, 1.82) is 0 Å². The Hall–Kier alpha value is -0.770. The van der Waals surface area contributed by atoms with Crippen LogP contribution in [0.5, 0.6) is 0 Å². The van der Waals surface area contributed by atoms with Crippen molar-refractivity contribution in [3.05, 3.63) is 24.0 Å². The Morgan fingerprint density at radius 2 is 2.38 bits per heavy atom. The van der Waals surface area contributed by atoms with Gasteiger partial charge in [-0.1, -0.05) is 0 Å². The largest absolute Gasteiger partial charge is 0.285 e. The van der Waals surface area contributed by atoms with Crippen LogP contribution in [-0.4, -0.2) is 9.53 Å². The van der Waals surface area contributed by atoms with Crippen molar-refractivity contribution in [3.63, 3.8) is 0 Å². The summed E-state index contributed by atoms with van der Waals surface area (Å²) in [4.78, 5) is 0. The van der Waals surface area contributed by atoms with Gasteiger partial charge in [0.1, 0.15) is 0 Å². The normalized spacial score (nSPS) is 22.0. The van der Waals surface area contributed by atoms with Gasteiger partial charge in [0.05, 0.1) is 12.4 Å². The van der Waals surface area contributed by atoms with E-state index < -0.39 is 0 Å². The molecule has 3 nitrogen and oxygen atoms in total. The van der Waals surface area contributed by atoms with Crippen LogP contribution >= 0.6 is 11.9 Å². The smallest absolute Gasteiger partial charge is 0.0543 e. The molecule has 2 aliphatic heterocycles. The lowest BCUT2D eigenvalue weighted by atomic mass is 11.0. The molecule has 0 radical (unpaired) electrons. The summed E-state index contributed by atoms with van der Waals surface area (Å²) in [7, 11) is 0. The second-order valence-electron chi connectivity index (χ2n) is 1.48. The number of hydrazine groups is 2. The molecule has 0 aromatic carbocycles. The van der Waals surface area contributed by atoms with Crippen LogP contribution in [-0.2, 0) is 0 Å². The van der Waals surface area contributed by atoms with E-state index in [1.54, 1.807) is 11.9 Å². The van der Waals surface area contributed by atoms with E-state index in [1.807, 2.05) is 33.5 Å². The van der Waals surface area contributed by atoms with E-state index >= 15 is 0 Å². The van der Waals surface area contributed by atoms with Crippen molar-refractivity contribution in [1.82, 2.24) is 15.0 Å². The molecule has 0 aromatic rings. The summed E-state index contributed by atoms with van der Waals surface area (Å²) in [5, 5.41) is 3.90. The van der Waals surface area contributed by atoms with Crippen LogP contribution in [0.3, 0.4) is 0 Å². The zero-order chi connectivity index (χ0) is 5.40. The molecule has 0 atom stereocenters. The molecule has 0 saturated heterocycles. The molecule has 8 heavy (non-hydrogen) atoms. The van der Waals surface area contributed by atoms with Gasteiger partial charge in [-0.2, -0.15) is 5.12 Å². The minimum Gasteiger partial charge on any atom is -0.285 e. The number of fused-ring (bicyclic) bond motifs is 1. The molecule has 0 aromatic heterocycles. The zero-order valence-corrected chi connectivity index (χ0v) is 4.93. The maximum absolute atomic E-state index is 2.99. The summed E-state index contributed by atoms with van der Waals surface area (Å²) in [5.74, 6) is 0. The Balaban J connectivity index is 2.20. The first kappa shape index (κ1) is 4.14. The predicted molar refractivity (Wildman–Crippen MR) is 32.7 cm³/mol. The number of rotatable bonds is 0. The Bertz CT molecular complexity index is 135. The van der Waals surface area contributed by atoms with E-state index in [9.17, 15) is 0 Å². The Kier molecular flexibility index (Phi) is 0.700. The van der Waals surface area contributed by atoms with Crippen LogP contribution in [0.15, 0.2) is 24.0 Å². The molecule has 0 bridgehead atoms. The number of nitrogens with one attached hydrogen (secondary N) is 1. The molecule has 42 valence electrons. The summed E-state index contributed by atoms with van der Waals surface area (Å²) >= 11 is 1.64. The van der Waals surface area contributed by atoms with Gasteiger partial charge in [0.15, 0.2) is 0 Å². The van der Waals surface area contributed by atoms with Gasteiger partial charge in [-0.25, -0.2) is 4.41 Å². The minimum atomic E-state index is 1.64. The topological polar surface area (TPSA) is 18.5 Å². The maximum Gasteiger partial charge on any atom is 0.0543 e. The first-order chi connectivity index (χ1) is 3.97. The summed E-state index contributed by atoms with van der Waals surface area (Å²) in [5.41, 5.74) is 2.99. The highest BCUT2D eigenvalue weighted by Gasteiger charge is 2.15. The van der Waals surface area contributed by atoms with Crippen LogP contribution in [0.4, 0.5) is 0 Å². The average molecular weight is 127 g/mol. The molecule has 0 saturated carbocycles. The highest BCUT2D eigenvalue weighted by molar-refractivity contribution is 8.00. The van der Waals surface area contributed by atoms with Crippen molar-refractivity contribution in [2.45, 2.75) is 0 Å². The van der Waals surface area contributed by atoms with Crippen molar-refractivity contribution in [3.8, 4) is 0 Å². The molecule has 1 N–H and O–H groups in total. The van der Waals surface area contributed by atoms with Gasteiger partial charge in [-0.05, 0) is 0 Å². The molecule has 0 spiro atoms. The summed E-state index contributed by atoms with van der Waals surface area (Å²) in [6.07, 6.45) is 5.81. The number of hydrogen-bond acceptors (Lipinski definition) is 4. The molecule has 0 fully saturated rings. The second-order valence-corrected chi connectivity index (χ2v) is 2.34. The quantitative estimate of drug-likeness (QED) is 0.481. The molecule has 0 amide bonds. The molecule has 2 heterocycles. The SMILES string of the molecule is C1=CN2SC=CN2N1. The third kappa shape index (κ3) is 0.403. The highest BCUT2D eigenvalue weighted by atomic mass is 32.2. The van der Waals surface area contributed by atoms with E-state index in [1.165, 1.54) is 0 Å². The second kappa shape index (κ2) is 1.35. The molecule has 0 unspecified atom stereocenters. The Morgan fingerprint density at radius 3 is 3.25 bits per heavy atom. The first-order valence-electron chi connectivity index (χ1n) is 2.31. The average Bonchev–Trinajstić information content (AvgIpc) is 2.15. The van der Waals surface area contributed by atoms with Crippen molar-refractivity contribution in [2.24, 2.45) is 0 Å². The molecule has 4 heteroatoms. The maximum atomic E-state index is 2.99. The lowest BCUT2D eigenvalue weighted by Crippen LogP contribution is -2.29. The van der Waals surface area contributed by atoms with Crippen molar-refractivity contribution in [2.75, 3.05) is 0 Å². The zero-order valence-electron chi connectivity index (χ0n) is 4.11. The Morgan fingerprint density at radius 1 is 1.38 bits per heavy atom.